The molecule has 0 aromatic heterocycles. The van der Waals surface area contributed by atoms with Crippen molar-refractivity contribution in [2.75, 3.05) is 98.2 Å². The molecule has 1 atom stereocenters. The van der Waals surface area contributed by atoms with Crippen molar-refractivity contribution in [3.63, 3.8) is 0 Å². The number of carboxylic acids is 1. The Morgan fingerprint density at radius 1 is 0.633 bits per heavy atom. The molecule has 0 saturated heterocycles. The first-order valence-electron chi connectivity index (χ1n) is 10.2. The average molecular weight is 459 g/mol. The summed E-state index contributed by atoms with van der Waals surface area (Å²) in [5.74, 6) is -0.219. The van der Waals surface area contributed by atoms with E-state index in [4.69, 9.17) is 38.3 Å². The van der Waals surface area contributed by atoms with E-state index in [1.54, 1.807) is 0 Å². The lowest BCUT2D eigenvalue weighted by atomic mass is 10.2. The van der Waals surface area contributed by atoms with Gasteiger partial charge in [0.15, 0.2) is 0 Å². The topological polar surface area (TPSA) is 122 Å². The first-order valence-corrected chi connectivity index (χ1v) is 10.8. The number of rotatable bonds is 25. The molecule has 0 heterocycles. The molecule has 0 aromatic carbocycles. The minimum atomic E-state index is -0.931. The van der Waals surface area contributed by atoms with Crippen LogP contribution in [-0.2, 0) is 38.0 Å². The molecule has 11 heteroatoms. The molecule has 2 N–H and O–H groups in total. The van der Waals surface area contributed by atoms with Gasteiger partial charge in [-0.1, -0.05) is 0 Å². The van der Waals surface area contributed by atoms with Gasteiger partial charge >= 0.3 is 5.97 Å². The molecule has 10 nitrogen and oxygen atoms in total. The number of thiol groups is 1. The van der Waals surface area contributed by atoms with Crippen LogP contribution >= 0.6 is 12.6 Å². The molecule has 0 saturated carbocycles. The Labute approximate surface area is 184 Å². The van der Waals surface area contributed by atoms with E-state index in [1.165, 1.54) is 0 Å². The number of aliphatic hydroxyl groups is 1. The molecular formula is C19H38O10S. The third-order valence-electron chi connectivity index (χ3n) is 3.47. The lowest BCUT2D eigenvalue weighted by Gasteiger charge is -2.10. The van der Waals surface area contributed by atoms with Crippen LogP contribution in [0.15, 0.2) is 0 Å². The summed E-state index contributed by atoms with van der Waals surface area (Å²) in [6, 6.07) is 0. The highest BCUT2D eigenvalue weighted by atomic mass is 32.1. The van der Waals surface area contributed by atoms with Gasteiger partial charge in [0, 0.05) is 12.2 Å². The van der Waals surface area contributed by atoms with Gasteiger partial charge in [-0.25, -0.2) is 0 Å². The highest BCUT2D eigenvalue weighted by Crippen LogP contribution is 1.97. The van der Waals surface area contributed by atoms with E-state index in [9.17, 15) is 9.90 Å². The van der Waals surface area contributed by atoms with Crippen LogP contribution in [0.4, 0.5) is 0 Å². The zero-order valence-corrected chi connectivity index (χ0v) is 18.6. The summed E-state index contributed by atoms with van der Waals surface area (Å²) in [4.78, 5) is 10.4. The molecule has 0 bridgehead atoms. The fraction of sp³-hybridized carbons (Fsp3) is 0.947. The van der Waals surface area contributed by atoms with Crippen LogP contribution in [0.2, 0.25) is 0 Å². The highest BCUT2D eigenvalue weighted by molar-refractivity contribution is 7.80. The monoisotopic (exact) mass is 458 g/mol. The standard InChI is InChI=1S/C19H38O10S/c20-18(1-2-19(21)22)17-29-14-13-27-10-9-25-6-5-23-3-4-24-7-8-26-11-12-28-15-16-30/h18,20,30H,1-17H2,(H,21,22). The van der Waals surface area contributed by atoms with Gasteiger partial charge in [0.05, 0.1) is 98.6 Å². The first kappa shape index (κ1) is 29.5. The summed E-state index contributed by atoms with van der Waals surface area (Å²) in [6.07, 6.45) is -0.659. The quantitative estimate of drug-likeness (QED) is 0.130. The van der Waals surface area contributed by atoms with Gasteiger partial charge in [0.2, 0.25) is 0 Å². The summed E-state index contributed by atoms with van der Waals surface area (Å²) >= 11 is 4.04. The van der Waals surface area contributed by atoms with Crippen molar-refractivity contribution in [1.82, 2.24) is 0 Å². The van der Waals surface area contributed by atoms with Crippen LogP contribution < -0.4 is 0 Å². The lowest BCUT2D eigenvalue weighted by Crippen LogP contribution is -2.19. The number of carboxylic acid groups (broad SMARTS) is 1. The zero-order chi connectivity index (χ0) is 22.1. The fourth-order valence-corrected chi connectivity index (χ4v) is 2.11. The van der Waals surface area contributed by atoms with Gasteiger partial charge in [-0.05, 0) is 6.42 Å². The Morgan fingerprint density at radius 3 is 1.30 bits per heavy atom. The van der Waals surface area contributed by atoms with Gasteiger partial charge in [-0.15, -0.1) is 0 Å². The maximum Gasteiger partial charge on any atom is 0.303 e. The largest absolute Gasteiger partial charge is 0.481 e. The second-order valence-electron chi connectivity index (χ2n) is 6.06. The first-order chi connectivity index (χ1) is 14.7. The van der Waals surface area contributed by atoms with E-state index in [0.29, 0.717) is 91.6 Å². The van der Waals surface area contributed by atoms with Crippen LogP contribution in [-0.4, -0.2) is 121 Å². The molecule has 0 radical (unpaired) electrons. The number of aliphatic carboxylic acids is 1. The Balaban J connectivity index is 3.07. The summed E-state index contributed by atoms with van der Waals surface area (Å²) in [6.45, 7) is 6.50. The van der Waals surface area contributed by atoms with Gasteiger partial charge in [-0.2, -0.15) is 12.6 Å². The van der Waals surface area contributed by atoms with Crippen LogP contribution in [0.5, 0.6) is 0 Å². The number of hydrogen-bond acceptors (Lipinski definition) is 10. The van der Waals surface area contributed by atoms with E-state index in [0.717, 1.165) is 0 Å². The third kappa shape index (κ3) is 25.5. The predicted molar refractivity (Wildman–Crippen MR) is 112 cm³/mol. The Bertz CT molecular complexity index is 362. The van der Waals surface area contributed by atoms with Crippen molar-refractivity contribution in [2.45, 2.75) is 18.9 Å². The van der Waals surface area contributed by atoms with E-state index in [1.807, 2.05) is 0 Å². The number of hydrogen-bond donors (Lipinski definition) is 3. The Morgan fingerprint density at radius 2 is 0.967 bits per heavy atom. The second kappa shape index (κ2) is 24.8. The molecule has 0 aliphatic heterocycles. The maximum atomic E-state index is 10.4. The van der Waals surface area contributed by atoms with E-state index >= 15 is 0 Å². The summed E-state index contributed by atoms with van der Waals surface area (Å²) in [5, 5.41) is 18.0. The van der Waals surface area contributed by atoms with Crippen LogP contribution in [0.3, 0.4) is 0 Å². The molecule has 1 unspecified atom stereocenters. The Kier molecular flexibility index (Phi) is 24.4. The fourth-order valence-electron chi connectivity index (χ4n) is 1.98. The van der Waals surface area contributed by atoms with Crippen molar-refractivity contribution in [3.8, 4) is 0 Å². The van der Waals surface area contributed by atoms with E-state index < -0.39 is 12.1 Å². The average Bonchev–Trinajstić information content (AvgIpc) is 2.73. The van der Waals surface area contributed by atoms with E-state index in [2.05, 4.69) is 12.6 Å². The predicted octanol–water partition coefficient (Wildman–Crippen LogP) is 0.258. The van der Waals surface area contributed by atoms with E-state index in [-0.39, 0.29) is 19.4 Å². The van der Waals surface area contributed by atoms with Crippen molar-refractivity contribution < 1.29 is 48.2 Å². The minimum absolute atomic E-state index is 0.0717. The summed E-state index contributed by atoms with van der Waals surface area (Å²) in [5.41, 5.74) is 0. The normalized spacial score (nSPS) is 12.3. The number of carbonyl (C=O) groups is 1. The molecule has 0 fully saturated rings. The number of aliphatic hydroxyl groups excluding tert-OH is 1. The lowest BCUT2D eigenvalue weighted by molar-refractivity contribution is -0.137. The van der Waals surface area contributed by atoms with Crippen molar-refractivity contribution in [1.29, 1.82) is 0 Å². The van der Waals surface area contributed by atoms with Crippen LogP contribution in [0.25, 0.3) is 0 Å². The maximum absolute atomic E-state index is 10.4. The molecule has 0 spiro atoms. The molecule has 0 amide bonds. The van der Waals surface area contributed by atoms with Gasteiger partial charge in [-0.3, -0.25) is 4.79 Å². The van der Waals surface area contributed by atoms with Crippen molar-refractivity contribution in [3.05, 3.63) is 0 Å². The SMILES string of the molecule is O=C(O)CCC(O)COCCOCCOCCOCCOCCOCCOCCS. The van der Waals surface area contributed by atoms with Crippen molar-refractivity contribution in [2.24, 2.45) is 0 Å². The van der Waals surface area contributed by atoms with Gasteiger partial charge in [0.25, 0.3) is 0 Å². The van der Waals surface area contributed by atoms with Crippen LogP contribution in [0, 0.1) is 0 Å². The highest BCUT2D eigenvalue weighted by Gasteiger charge is 2.07. The summed E-state index contributed by atoms with van der Waals surface area (Å²) < 4.78 is 37.2. The molecule has 0 aromatic rings. The van der Waals surface area contributed by atoms with Gasteiger partial charge in [0.1, 0.15) is 0 Å². The molecule has 0 aliphatic rings. The van der Waals surface area contributed by atoms with Crippen molar-refractivity contribution >= 4 is 18.6 Å². The minimum Gasteiger partial charge on any atom is -0.481 e. The second-order valence-corrected chi connectivity index (χ2v) is 6.51. The van der Waals surface area contributed by atoms with Gasteiger partial charge < -0.3 is 43.4 Å². The molecule has 0 rings (SSSR count). The third-order valence-corrected chi connectivity index (χ3v) is 3.65. The molecular weight excluding hydrogens is 420 g/mol. The zero-order valence-electron chi connectivity index (χ0n) is 17.7. The molecule has 30 heavy (non-hydrogen) atoms. The molecule has 180 valence electrons. The smallest absolute Gasteiger partial charge is 0.303 e. The number of ether oxygens (including phenoxy) is 7. The summed E-state index contributed by atoms with van der Waals surface area (Å²) in [7, 11) is 0. The van der Waals surface area contributed by atoms with Crippen LogP contribution in [0.1, 0.15) is 12.8 Å². The molecule has 0 aliphatic carbocycles. The Hall–Kier alpha value is -0.500.